The molecule has 52 valence electrons. The van der Waals surface area contributed by atoms with Gasteiger partial charge in [-0.3, -0.25) is 0 Å². The third kappa shape index (κ3) is 2.19. The lowest BCUT2D eigenvalue weighted by Crippen LogP contribution is -2.03. The van der Waals surface area contributed by atoms with E-state index >= 15 is 0 Å². The average molecular weight is 126 g/mol. The lowest BCUT2D eigenvalue weighted by Gasteiger charge is -1.99. The summed E-state index contributed by atoms with van der Waals surface area (Å²) in [5.74, 6) is 0.591. The van der Waals surface area contributed by atoms with Crippen LogP contribution in [-0.2, 0) is 0 Å². The van der Waals surface area contributed by atoms with Crippen LogP contribution in [0.1, 0.15) is 26.2 Å². The predicted octanol–water partition coefficient (Wildman–Crippen LogP) is 1.72. The molecule has 0 aromatic heterocycles. The summed E-state index contributed by atoms with van der Waals surface area (Å²) >= 11 is 0. The van der Waals surface area contributed by atoms with Crippen molar-refractivity contribution in [3.05, 3.63) is 12.2 Å². The summed E-state index contributed by atoms with van der Waals surface area (Å²) in [6, 6.07) is 0. The molecule has 0 amide bonds. The van der Waals surface area contributed by atoms with E-state index in [4.69, 9.17) is 0 Å². The SMILES string of the molecule is CC/C=C/[C@@H](O)C1CC1. The molecule has 1 saturated carbocycles. The Morgan fingerprint density at radius 2 is 2.33 bits per heavy atom. The summed E-state index contributed by atoms with van der Waals surface area (Å²) in [7, 11) is 0. The number of hydrogen-bond donors (Lipinski definition) is 1. The van der Waals surface area contributed by atoms with E-state index in [1.807, 2.05) is 12.2 Å². The Kier molecular flexibility index (Phi) is 2.29. The highest BCUT2D eigenvalue weighted by Gasteiger charge is 2.27. The maximum Gasteiger partial charge on any atom is 0.0749 e. The van der Waals surface area contributed by atoms with Crippen molar-refractivity contribution in [3.8, 4) is 0 Å². The Morgan fingerprint density at radius 1 is 1.67 bits per heavy atom. The molecule has 0 unspecified atom stereocenters. The zero-order chi connectivity index (χ0) is 6.69. The molecule has 9 heavy (non-hydrogen) atoms. The van der Waals surface area contributed by atoms with Crippen LogP contribution >= 0.6 is 0 Å². The standard InChI is InChI=1S/C8H14O/c1-2-3-4-8(9)7-5-6-7/h3-4,7-9H,2,5-6H2,1H3/b4-3+/t8-/m1/s1. The summed E-state index contributed by atoms with van der Waals surface area (Å²) in [6.45, 7) is 2.08. The fourth-order valence-electron chi connectivity index (χ4n) is 0.870. The molecule has 0 aromatic carbocycles. The molecule has 1 fully saturated rings. The quantitative estimate of drug-likeness (QED) is 0.571. The van der Waals surface area contributed by atoms with Crippen molar-refractivity contribution >= 4 is 0 Å². The molecule has 1 aliphatic rings. The van der Waals surface area contributed by atoms with Crippen LogP contribution in [0.3, 0.4) is 0 Å². The first-order valence-electron chi connectivity index (χ1n) is 3.69. The summed E-state index contributed by atoms with van der Waals surface area (Å²) in [4.78, 5) is 0. The molecular weight excluding hydrogens is 112 g/mol. The molecule has 0 bridgehead atoms. The van der Waals surface area contributed by atoms with Crippen molar-refractivity contribution in [2.75, 3.05) is 0 Å². The van der Waals surface area contributed by atoms with Gasteiger partial charge in [0.25, 0.3) is 0 Å². The molecular formula is C8H14O. The third-order valence-electron chi connectivity index (χ3n) is 1.67. The van der Waals surface area contributed by atoms with Crippen LogP contribution in [0.25, 0.3) is 0 Å². The first kappa shape index (κ1) is 6.81. The molecule has 0 radical (unpaired) electrons. The largest absolute Gasteiger partial charge is 0.389 e. The van der Waals surface area contributed by atoms with Gasteiger partial charge < -0.3 is 5.11 Å². The van der Waals surface area contributed by atoms with Gasteiger partial charge in [0, 0.05) is 0 Å². The summed E-state index contributed by atoms with van der Waals surface area (Å²) in [5, 5.41) is 9.23. The molecule has 0 saturated heterocycles. The van der Waals surface area contributed by atoms with Crippen LogP contribution in [0.4, 0.5) is 0 Å². The molecule has 0 aliphatic heterocycles. The van der Waals surface area contributed by atoms with Gasteiger partial charge in [0.15, 0.2) is 0 Å². The van der Waals surface area contributed by atoms with Gasteiger partial charge in [0.05, 0.1) is 6.10 Å². The Bertz CT molecular complexity index is 103. The smallest absolute Gasteiger partial charge is 0.0749 e. The van der Waals surface area contributed by atoms with E-state index in [9.17, 15) is 5.11 Å². The molecule has 0 heterocycles. The molecule has 1 aliphatic carbocycles. The summed E-state index contributed by atoms with van der Waals surface area (Å²) in [5.41, 5.74) is 0. The van der Waals surface area contributed by atoms with Crippen molar-refractivity contribution in [1.29, 1.82) is 0 Å². The van der Waals surface area contributed by atoms with Crippen LogP contribution in [0, 0.1) is 5.92 Å². The van der Waals surface area contributed by atoms with Crippen LogP contribution < -0.4 is 0 Å². The lowest BCUT2D eigenvalue weighted by molar-refractivity contribution is 0.199. The van der Waals surface area contributed by atoms with Gasteiger partial charge in [-0.1, -0.05) is 19.1 Å². The second-order valence-corrected chi connectivity index (χ2v) is 2.66. The van der Waals surface area contributed by atoms with Crippen molar-refractivity contribution in [2.45, 2.75) is 32.3 Å². The molecule has 1 heteroatoms. The van der Waals surface area contributed by atoms with Crippen LogP contribution in [0.2, 0.25) is 0 Å². The lowest BCUT2D eigenvalue weighted by atomic mass is 10.2. The van der Waals surface area contributed by atoms with Gasteiger partial charge in [-0.2, -0.15) is 0 Å². The first-order chi connectivity index (χ1) is 4.34. The Labute approximate surface area is 56.4 Å². The number of aliphatic hydroxyl groups excluding tert-OH is 1. The zero-order valence-corrected chi connectivity index (χ0v) is 5.88. The summed E-state index contributed by atoms with van der Waals surface area (Å²) in [6.07, 6.45) is 7.26. The minimum atomic E-state index is -0.148. The third-order valence-corrected chi connectivity index (χ3v) is 1.67. The van der Waals surface area contributed by atoms with Crippen LogP contribution in [0.15, 0.2) is 12.2 Å². The van der Waals surface area contributed by atoms with Crippen molar-refractivity contribution in [1.82, 2.24) is 0 Å². The van der Waals surface area contributed by atoms with Crippen molar-refractivity contribution in [3.63, 3.8) is 0 Å². The van der Waals surface area contributed by atoms with E-state index in [0.29, 0.717) is 5.92 Å². The van der Waals surface area contributed by atoms with E-state index in [0.717, 1.165) is 6.42 Å². The maximum atomic E-state index is 9.23. The Morgan fingerprint density at radius 3 is 2.78 bits per heavy atom. The second-order valence-electron chi connectivity index (χ2n) is 2.66. The van der Waals surface area contributed by atoms with E-state index in [1.54, 1.807) is 0 Å². The van der Waals surface area contributed by atoms with E-state index in [1.165, 1.54) is 12.8 Å². The van der Waals surface area contributed by atoms with Crippen molar-refractivity contribution < 1.29 is 5.11 Å². The fraction of sp³-hybridized carbons (Fsp3) is 0.750. The van der Waals surface area contributed by atoms with Crippen molar-refractivity contribution in [2.24, 2.45) is 5.92 Å². The van der Waals surface area contributed by atoms with Gasteiger partial charge in [-0.25, -0.2) is 0 Å². The minimum absolute atomic E-state index is 0.148. The van der Waals surface area contributed by atoms with E-state index < -0.39 is 0 Å². The zero-order valence-electron chi connectivity index (χ0n) is 5.88. The molecule has 0 spiro atoms. The number of aliphatic hydroxyl groups is 1. The minimum Gasteiger partial charge on any atom is -0.389 e. The average Bonchev–Trinajstić information content (AvgIpc) is 2.63. The Hall–Kier alpha value is -0.300. The van der Waals surface area contributed by atoms with Gasteiger partial charge >= 0.3 is 0 Å². The first-order valence-corrected chi connectivity index (χ1v) is 3.69. The second kappa shape index (κ2) is 3.02. The van der Waals surface area contributed by atoms with Gasteiger partial charge in [-0.15, -0.1) is 0 Å². The van der Waals surface area contributed by atoms with E-state index in [-0.39, 0.29) is 6.10 Å². The van der Waals surface area contributed by atoms with Gasteiger partial charge in [0.2, 0.25) is 0 Å². The van der Waals surface area contributed by atoms with Gasteiger partial charge in [-0.05, 0) is 25.2 Å². The van der Waals surface area contributed by atoms with E-state index in [2.05, 4.69) is 6.92 Å². The van der Waals surface area contributed by atoms with Crippen LogP contribution in [0.5, 0.6) is 0 Å². The summed E-state index contributed by atoms with van der Waals surface area (Å²) < 4.78 is 0. The predicted molar refractivity (Wildman–Crippen MR) is 38.2 cm³/mol. The molecule has 1 rings (SSSR count). The highest BCUT2D eigenvalue weighted by molar-refractivity contribution is 4.96. The molecule has 0 aromatic rings. The highest BCUT2D eigenvalue weighted by Crippen LogP contribution is 2.32. The topological polar surface area (TPSA) is 20.2 Å². The molecule has 1 atom stereocenters. The Balaban J connectivity index is 2.16. The fourth-order valence-corrected chi connectivity index (χ4v) is 0.870. The molecule has 1 nitrogen and oxygen atoms in total. The monoisotopic (exact) mass is 126 g/mol. The highest BCUT2D eigenvalue weighted by atomic mass is 16.3. The number of rotatable bonds is 3. The maximum absolute atomic E-state index is 9.23. The number of hydrogen-bond acceptors (Lipinski definition) is 1. The normalized spacial score (nSPS) is 22.9. The van der Waals surface area contributed by atoms with Crippen LogP contribution in [-0.4, -0.2) is 11.2 Å². The molecule has 1 N–H and O–H groups in total. The van der Waals surface area contributed by atoms with Gasteiger partial charge in [0.1, 0.15) is 0 Å². The number of allylic oxidation sites excluding steroid dienone is 1.